The van der Waals surface area contributed by atoms with Gasteiger partial charge in [-0.15, -0.1) is 0 Å². The number of halogens is 1. The Morgan fingerprint density at radius 2 is 1.88 bits per heavy atom. The van der Waals surface area contributed by atoms with Crippen LogP contribution in [0.3, 0.4) is 0 Å². The average molecular weight is 246 g/mol. The Kier molecular flexibility index (Phi) is 4.36. The number of hydrazine groups is 1. The van der Waals surface area contributed by atoms with E-state index in [2.05, 4.69) is 10.9 Å². The second-order valence-electron chi connectivity index (χ2n) is 5.96. The molecule has 1 amide bonds. The number of alkyl halides is 1. The minimum absolute atomic E-state index is 0.131. The van der Waals surface area contributed by atoms with Crippen LogP contribution in [-0.4, -0.2) is 23.4 Å². The van der Waals surface area contributed by atoms with E-state index < -0.39 is 17.4 Å². The molecular formula is C12H23FN2O2. The molecule has 0 aliphatic heterocycles. The molecule has 1 aliphatic rings. The number of nitrogens with one attached hydrogen (secondary N) is 2. The van der Waals surface area contributed by atoms with Crippen LogP contribution in [0.1, 0.15) is 53.4 Å². The monoisotopic (exact) mass is 246 g/mol. The van der Waals surface area contributed by atoms with Crippen LogP contribution in [0, 0.1) is 0 Å². The van der Waals surface area contributed by atoms with Gasteiger partial charge in [0, 0.05) is 6.04 Å². The summed E-state index contributed by atoms with van der Waals surface area (Å²) < 4.78 is 18.6. The first kappa shape index (κ1) is 14.2. The van der Waals surface area contributed by atoms with E-state index in [1.807, 2.05) is 20.8 Å². The van der Waals surface area contributed by atoms with Gasteiger partial charge >= 0.3 is 6.09 Å². The lowest BCUT2D eigenvalue weighted by atomic mass is 9.85. The highest BCUT2D eigenvalue weighted by Gasteiger charge is 2.30. The van der Waals surface area contributed by atoms with Crippen LogP contribution in [0.2, 0.25) is 0 Å². The normalized spacial score (nSPS) is 29.8. The molecule has 0 spiro atoms. The summed E-state index contributed by atoms with van der Waals surface area (Å²) in [6.07, 6.45) is 2.01. The van der Waals surface area contributed by atoms with E-state index in [0.717, 1.165) is 12.8 Å². The molecule has 0 unspecified atom stereocenters. The molecule has 0 heterocycles. The largest absolute Gasteiger partial charge is 0.443 e. The van der Waals surface area contributed by atoms with Gasteiger partial charge in [0.2, 0.25) is 0 Å². The van der Waals surface area contributed by atoms with Crippen molar-refractivity contribution in [1.29, 1.82) is 0 Å². The molecular weight excluding hydrogens is 223 g/mol. The van der Waals surface area contributed by atoms with Crippen molar-refractivity contribution in [2.24, 2.45) is 0 Å². The van der Waals surface area contributed by atoms with Crippen molar-refractivity contribution < 1.29 is 13.9 Å². The zero-order chi connectivity index (χ0) is 13.1. The van der Waals surface area contributed by atoms with Gasteiger partial charge in [-0.25, -0.2) is 14.6 Å². The number of hydrogen-bond donors (Lipinski definition) is 2. The summed E-state index contributed by atoms with van der Waals surface area (Å²) in [7, 11) is 0. The summed E-state index contributed by atoms with van der Waals surface area (Å²) in [5.41, 5.74) is 3.84. The number of carbonyl (C=O) groups is 1. The fraction of sp³-hybridized carbons (Fsp3) is 0.917. The molecule has 2 N–H and O–H groups in total. The van der Waals surface area contributed by atoms with E-state index in [0.29, 0.717) is 12.8 Å². The number of carbonyl (C=O) groups excluding carboxylic acids is 1. The van der Waals surface area contributed by atoms with Gasteiger partial charge in [0.15, 0.2) is 0 Å². The van der Waals surface area contributed by atoms with Crippen molar-refractivity contribution in [2.45, 2.75) is 70.7 Å². The molecule has 0 radical (unpaired) electrons. The predicted octanol–water partition coefficient (Wildman–Crippen LogP) is 2.69. The first-order valence-corrected chi connectivity index (χ1v) is 6.11. The molecule has 0 saturated heterocycles. The lowest BCUT2D eigenvalue weighted by Crippen LogP contribution is -2.48. The van der Waals surface area contributed by atoms with E-state index in [4.69, 9.17) is 4.74 Å². The maximum Gasteiger partial charge on any atom is 0.422 e. The van der Waals surface area contributed by atoms with Gasteiger partial charge in [-0.1, -0.05) is 0 Å². The molecule has 0 aromatic heterocycles. The quantitative estimate of drug-likeness (QED) is 0.736. The van der Waals surface area contributed by atoms with Crippen LogP contribution >= 0.6 is 0 Å². The summed E-state index contributed by atoms with van der Waals surface area (Å²) in [4.78, 5) is 11.4. The van der Waals surface area contributed by atoms with Crippen molar-refractivity contribution in [1.82, 2.24) is 10.9 Å². The van der Waals surface area contributed by atoms with Crippen molar-refractivity contribution in [2.75, 3.05) is 0 Å². The third kappa shape index (κ3) is 5.86. The van der Waals surface area contributed by atoms with Gasteiger partial charge in [0.25, 0.3) is 0 Å². The van der Waals surface area contributed by atoms with Crippen LogP contribution in [0.5, 0.6) is 0 Å². The smallest absolute Gasteiger partial charge is 0.422 e. The number of hydrogen-bond acceptors (Lipinski definition) is 3. The number of amides is 1. The van der Waals surface area contributed by atoms with Gasteiger partial charge < -0.3 is 4.74 Å². The molecule has 1 saturated carbocycles. The summed E-state index contributed by atoms with van der Waals surface area (Å²) in [5, 5.41) is 0. The number of ether oxygens (including phenoxy) is 1. The Balaban J connectivity index is 2.22. The van der Waals surface area contributed by atoms with Gasteiger partial charge in [0.05, 0.1) is 0 Å². The average Bonchev–Trinajstić information content (AvgIpc) is 2.13. The maximum atomic E-state index is 13.5. The first-order valence-electron chi connectivity index (χ1n) is 6.11. The zero-order valence-electron chi connectivity index (χ0n) is 11.1. The highest BCUT2D eigenvalue weighted by atomic mass is 19.1. The van der Waals surface area contributed by atoms with E-state index in [-0.39, 0.29) is 6.04 Å². The van der Waals surface area contributed by atoms with Crippen LogP contribution in [0.25, 0.3) is 0 Å². The van der Waals surface area contributed by atoms with Gasteiger partial charge in [-0.2, -0.15) is 0 Å². The summed E-state index contributed by atoms with van der Waals surface area (Å²) >= 11 is 0. The summed E-state index contributed by atoms with van der Waals surface area (Å²) in [5.74, 6) is 0. The predicted molar refractivity (Wildman–Crippen MR) is 64.3 cm³/mol. The highest BCUT2D eigenvalue weighted by molar-refractivity contribution is 5.67. The van der Waals surface area contributed by atoms with Gasteiger partial charge in [0.1, 0.15) is 11.3 Å². The van der Waals surface area contributed by atoms with Crippen LogP contribution in [0.15, 0.2) is 0 Å². The van der Waals surface area contributed by atoms with Crippen molar-refractivity contribution in [3.8, 4) is 0 Å². The molecule has 1 fully saturated rings. The fourth-order valence-electron chi connectivity index (χ4n) is 1.83. The third-order valence-corrected chi connectivity index (χ3v) is 2.81. The third-order valence-electron chi connectivity index (χ3n) is 2.81. The molecule has 0 bridgehead atoms. The topological polar surface area (TPSA) is 50.4 Å². The molecule has 5 heteroatoms. The lowest BCUT2D eigenvalue weighted by molar-refractivity contribution is 0.0464. The first-order chi connectivity index (χ1) is 7.68. The Hall–Kier alpha value is -0.840. The van der Waals surface area contributed by atoms with E-state index >= 15 is 0 Å². The molecule has 0 atom stereocenters. The highest BCUT2D eigenvalue weighted by Crippen LogP contribution is 2.30. The molecule has 100 valence electrons. The van der Waals surface area contributed by atoms with Crippen LogP contribution in [-0.2, 0) is 4.74 Å². The van der Waals surface area contributed by atoms with E-state index in [1.54, 1.807) is 6.92 Å². The van der Waals surface area contributed by atoms with Crippen molar-refractivity contribution in [3.05, 3.63) is 0 Å². The Bertz CT molecular complexity index is 264. The molecule has 1 rings (SSSR count). The lowest BCUT2D eigenvalue weighted by Gasteiger charge is -2.31. The molecule has 0 aromatic rings. The molecule has 17 heavy (non-hydrogen) atoms. The minimum atomic E-state index is -1.05. The van der Waals surface area contributed by atoms with Gasteiger partial charge in [-0.05, 0) is 53.4 Å². The van der Waals surface area contributed by atoms with Crippen LogP contribution < -0.4 is 10.9 Å². The Morgan fingerprint density at radius 3 is 2.35 bits per heavy atom. The Labute approximate surface area is 102 Å². The fourth-order valence-corrected chi connectivity index (χ4v) is 1.83. The van der Waals surface area contributed by atoms with E-state index in [9.17, 15) is 9.18 Å². The summed E-state index contributed by atoms with van der Waals surface area (Å²) in [6, 6.07) is 0.131. The van der Waals surface area contributed by atoms with E-state index in [1.165, 1.54) is 0 Å². The number of rotatable bonds is 2. The van der Waals surface area contributed by atoms with Crippen molar-refractivity contribution in [3.63, 3.8) is 0 Å². The Morgan fingerprint density at radius 1 is 1.35 bits per heavy atom. The zero-order valence-corrected chi connectivity index (χ0v) is 11.1. The van der Waals surface area contributed by atoms with Gasteiger partial charge in [-0.3, -0.25) is 5.43 Å². The standard InChI is InChI=1S/C12H23FN2O2/c1-11(2,3)17-10(16)15-14-9-5-7-12(4,13)8-6-9/h9,14H,5-8H2,1-4H3,(H,15,16). The minimum Gasteiger partial charge on any atom is -0.443 e. The van der Waals surface area contributed by atoms with Crippen LogP contribution in [0.4, 0.5) is 9.18 Å². The molecule has 0 aromatic carbocycles. The second kappa shape index (κ2) is 5.21. The molecule has 4 nitrogen and oxygen atoms in total. The second-order valence-corrected chi connectivity index (χ2v) is 5.96. The molecule has 1 aliphatic carbocycles. The SMILES string of the molecule is CC1(F)CCC(NNC(=O)OC(C)(C)C)CC1. The maximum absolute atomic E-state index is 13.5. The van der Waals surface area contributed by atoms with Crippen molar-refractivity contribution >= 4 is 6.09 Å². The summed E-state index contributed by atoms with van der Waals surface area (Å²) in [6.45, 7) is 7.05.